The molecule has 9 heteroatoms. The average molecular weight is 412 g/mol. The van der Waals surface area contributed by atoms with Crippen molar-refractivity contribution >= 4 is 39.7 Å². The van der Waals surface area contributed by atoms with Gasteiger partial charge in [-0.3, -0.25) is 9.10 Å². The summed E-state index contributed by atoms with van der Waals surface area (Å²) in [5.74, 6) is -0.303. The molecule has 7 nitrogen and oxygen atoms in total. The van der Waals surface area contributed by atoms with Gasteiger partial charge in [-0.2, -0.15) is 0 Å². The number of halogens is 1. The van der Waals surface area contributed by atoms with Crippen molar-refractivity contribution in [3.63, 3.8) is 0 Å². The van der Waals surface area contributed by atoms with Crippen LogP contribution in [0.25, 0.3) is 0 Å². The van der Waals surface area contributed by atoms with E-state index in [0.29, 0.717) is 31.1 Å². The van der Waals surface area contributed by atoms with Crippen LogP contribution in [0.3, 0.4) is 0 Å². The van der Waals surface area contributed by atoms with Gasteiger partial charge >= 0.3 is 0 Å². The Labute approximate surface area is 165 Å². The zero-order chi connectivity index (χ0) is 18.6. The topological polar surface area (TPSA) is 87.7 Å². The van der Waals surface area contributed by atoms with Gasteiger partial charge in [0.05, 0.1) is 17.2 Å². The van der Waals surface area contributed by atoms with Crippen LogP contribution in [0.1, 0.15) is 0 Å². The number of carbonyl (C=O) groups excluding carboxylic acids is 1. The minimum Gasteiger partial charge on any atom is -0.366 e. The lowest BCUT2D eigenvalue weighted by atomic mass is 10.2. The summed E-state index contributed by atoms with van der Waals surface area (Å²) in [6, 6.07) is 15.0. The van der Waals surface area contributed by atoms with Gasteiger partial charge in [0.2, 0.25) is 0 Å². The van der Waals surface area contributed by atoms with Gasteiger partial charge in [0, 0.05) is 25.8 Å². The first-order valence-electron chi connectivity index (χ1n) is 8.26. The molecule has 2 aromatic rings. The third-order valence-electron chi connectivity index (χ3n) is 4.10. The number of rotatable bonds is 5. The van der Waals surface area contributed by atoms with Crippen molar-refractivity contribution in [2.75, 3.05) is 36.4 Å². The summed E-state index contributed by atoms with van der Waals surface area (Å²) < 4.78 is 32.3. The van der Waals surface area contributed by atoms with E-state index in [2.05, 4.69) is 10.6 Å². The Morgan fingerprint density at radius 3 is 2.59 bits per heavy atom. The first kappa shape index (κ1) is 21.2. The summed E-state index contributed by atoms with van der Waals surface area (Å²) in [6.07, 6.45) is -0.587. The first-order valence-corrected chi connectivity index (χ1v) is 9.70. The lowest BCUT2D eigenvalue weighted by molar-refractivity contribution is -0.128. The number of amides is 1. The van der Waals surface area contributed by atoms with Gasteiger partial charge in [-0.15, -0.1) is 12.4 Å². The van der Waals surface area contributed by atoms with Crippen molar-refractivity contribution < 1.29 is 17.9 Å². The van der Waals surface area contributed by atoms with E-state index in [0.717, 1.165) is 0 Å². The number of carbonyl (C=O) groups is 1. The molecule has 1 atom stereocenters. The number of nitrogens with zero attached hydrogens (tertiary/aromatic N) is 1. The minimum atomic E-state index is -3.74. The SMILES string of the molecule is CN(c1ccccc1)S(=O)(=O)c1cccc(NC(=O)C2CNCCO2)c1.Cl. The van der Waals surface area contributed by atoms with Crippen LogP contribution < -0.4 is 14.9 Å². The molecule has 0 aromatic heterocycles. The molecule has 1 heterocycles. The highest BCUT2D eigenvalue weighted by Gasteiger charge is 2.24. The molecule has 0 spiro atoms. The van der Waals surface area contributed by atoms with Crippen molar-refractivity contribution in [3.05, 3.63) is 54.6 Å². The number of anilines is 2. The maximum atomic E-state index is 12.9. The van der Waals surface area contributed by atoms with Crippen molar-refractivity contribution in [2.45, 2.75) is 11.0 Å². The fourth-order valence-electron chi connectivity index (χ4n) is 2.63. The van der Waals surface area contributed by atoms with E-state index < -0.39 is 16.1 Å². The Balaban J connectivity index is 0.00000261. The van der Waals surface area contributed by atoms with Crippen molar-refractivity contribution in [3.8, 4) is 0 Å². The van der Waals surface area contributed by atoms with Crippen LogP contribution in [0.4, 0.5) is 11.4 Å². The summed E-state index contributed by atoms with van der Waals surface area (Å²) in [6.45, 7) is 1.61. The van der Waals surface area contributed by atoms with Crippen molar-refractivity contribution in [2.24, 2.45) is 0 Å². The lowest BCUT2D eigenvalue weighted by Gasteiger charge is -2.23. The molecule has 3 rings (SSSR count). The average Bonchev–Trinajstić information content (AvgIpc) is 2.69. The summed E-state index contributed by atoms with van der Waals surface area (Å²) in [5, 5.41) is 5.80. The molecule has 1 saturated heterocycles. The number of nitrogens with one attached hydrogen (secondary N) is 2. The number of sulfonamides is 1. The predicted molar refractivity (Wildman–Crippen MR) is 107 cm³/mol. The molecule has 1 aliphatic heterocycles. The maximum Gasteiger partial charge on any atom is 0.264 e. The number of para-hydroxylation sites is 1. The Morgan fingerprint density at radius 2 is 1.93 bits per heavy atom. The summed E-state index contributed by atoms with van der Waals surface area (Å²) in [7, 11) is -2.24. The van der Waals surface area contributed by atoms with E-state index in [1.165, 1.54) is 23.5 Å². The van der Waals surface area contributed by atoms with E-state index in [-0.39, 0.29) is 23.2 Å². The zero-order valence-electron chi connectivity index (χ0n) is 14.8. The van der Waals surface area contributed by atoms with Gasteiger partial charge in [-0.1, -0.05) is 24.3 Å². The second kappa shape index (κ2) is 9.18. The molecule has 2 aromatic carbocycles. The van der Waals surface area contributed by atoms with E-state index >= 15 is 0 Å². The third kappa shape index (κ3) is 4.98. The Bertz CT molecular complexity index is 871. The molecular formula is C18H22ClN3O4S. The first-order chi connectivity index (χ1) is 12.5. The molecule has 1 fully saturated rings. The molecular weight excluding hydrogens is 390 g/mol. The normalized spacial score (nSPS) is 16.9. The van der Waals surface area contributed by atoms with Crippen LogP contribution in [0.5, 0.6) is 0 Å². The van der Waals surface area contributed by atoms with E-state index in [9.17, 15) is 13.2 Å². The summed E-state index contributed by atoms with van der Waals surface area (Å²) >= 11 is 0. The molecule has 0 saturated carbocycles. The summed E-state index contributed by atoms with van der Waals surface area (Å²) in [4.78, 5) is 12.3. The van der Waals surface area contributed by atoms with Crippen molar-refractivity contribution in [1.29, 1.82) is 0 Å². The molecule has 0 bridgehead atoms. The highest BCUT2D eigenvalue weighted by Crippen LogP contribution is 2.23. The fraction of sp³-hybridized carbons (Fsp3) is 0.278. The van der Waals surface area contributed by atoms with Crippen LogP contribution in [0.2, 0.25) is 0 Å². The molecule has 1 aliphatic rings. The number of hydrogen-bond acceptors (Lipinski definition) is 5. The highest BCUT2D eigenvalue weighted by molar-refractivity contribution is 7.92. The van der Waals surface area contributed by atoms with Gasteiger partial charge in [0.15, 0.2) is 0 Å². The van der Waals surface area contributed by atoms with Gasteiger partial charge in [-0.25, -0.2) is 8.42 Å². The molecule has 0 aliphatic carbocycles. The second-order valence-corrected chi connectivity index (χ2v) is 7.86. The van der Waals surface area contributed by atoms with Gasteiger partial charge in [0.1, 0.15) is 6.10 Å². The summed E-state index contributed by atoms with van der Waals surface area (Å²) in [5.41, 5.74) is 0.968. The number of hydrogen-bond donors (Lipinski definition) is 2. The highest BCUT2D eigenvalue weighted by atomic mass is 35.5. The Kier molecular flexibility index (Phi) is 7.20. The monoisotopic (exact) mass is 411 g/mol. The number of ether oxygens (including phenoxy) is 1. The second-order valence-electron chi connectivity index (χ2n) is 5.89. The minimum absolute atomic E-state index is 0. The largest absolute Gasteiger partial charge is 0.366 e. The number of morpholine rings is 1. The van der Waals surface area contributed by atoms with Crippen LogP contribution in [-0.4, -0.2) is 47.2 Å². The van der Waals surface area contributed by atoms with E-state index in [4.69, 9.17) is 4.74 Å². The smallest absolute Gasteiger partial charge is 0.264 e. The van der Waals surface area contributed by atoms with E-state index in [1.54, 1.807) is 36.4 Å². The van der Waals surface area contributed by atoms with Crippen molar-refractivity contribution in [1.82, 2.24) is 5.32 Å². The van der Waals surface area contributed by atoms with E-state index in [1.807, 2.05) is 6.07 Å². The van der Waals surface area contributed by atoms with Gasteiger partial charge in [0.25, 0.3) is 15.9 Å². The maximum absolute atomic E-state index is 12.9. The molecule has 1 unspecified atom stereocenters. The van der Waals surface area contributed by atoms with Gasteiger partial charge < -0.3 is 15.4 Å². The molecule has 146 valence electrons. The molecule has 0 radical (unpaired) electrons. The third-order valence-corrected chi connectivity index (χ3v) is 5.88. The molecule has 27 heavy (non-hydrogen) atoms. The van der Waals surface area contributed by atoms with Crippen LogP contribution in [0, 0.1) is 0 Å². The Hall–Kier alpha value is -2.13. The van der Waals surface area contributed by atoms with Crippen LogP contribution in [0.15, 0.2) is 59.5 Å². The van der Waals surface area contributed by atoms with Crippen LogP contribution >= 0.6 is 12.4 Å². The van der Waals surface area contributed by atoms with Gasteiger partial charge in [-0.05, 0) is 30.3 Å². The molecule has 1 amide bonds. The lowest BCUT2D eigenvalue weighted by Crippen LogP contribution is -2.45. The number of benzene rings is 2. The predicted octanol–water partition coefficient (Wildman–Crippen LogP) is 1.86. The zero-order valence-corrected chi connectivity index (χ0v) is 16.4. The quantitative estimate of drug-likeness (QED) is 0.784. The standard InChI is InChI=1S/C18H21N3O4S.ClH/c1-21(15-7-3-2-4-8-15)26(23,24)16-9-5-6-14(12-16)20-18(22)17-13-19-10-11-25-17;/h2-9,12,17,19H,10-11,13H2,1H3,(H,20,22);1H. The fourth-order valence-corrected chi connectivity index (χ4v) is 3.87. The van der Waals surface area contributed by atoms with Crippen LogP contribution in [-0.2, 0) is 19.6 Å². The Morgan fingerprint density at radius 1 is 1.19 bits per heavy atom. The molecule has 2 N–H and O–H groups in total.